The summed E-state index contributed by atoms with van der Waals surface area (Å²) in [5.41, 5.74) is 4.04. The SMILES string of the molecule is CCOc1ccc(C(=O)NNC(=O)c2cc(F)c(OCC3C(C)OC(C)(C)N3C)cc2Cl)cc1C#N. The fourth-order valence-corrected chi connectivity index (χ4v) is 4.10. The van der Waals surface area contributed by atoms with Crippen molar-refractivity contribution in [1.29, 1.82) is 5.26 Å². The molecule has 1 aliphatic rings. The van der Waals surface area contributed by atoms with E-state index >= 15 is 0 Å². The van der Waals surface area contributed by atoms with Crippen LogP contribution in [0.2, 0.25) is 5.02 Å². The number of likely N-dealkylation sites (N-methyl/N-ethyl adjacent to an activating group) is 1. The quantitative estimate of drug-likeness (QED) is 0.538. The molecular weight excluding hydrogens is 491 g/mol. The molecule has 0 aliphatic carbocycles. The van der Waals surface area contributed by atoms with Crippen LogP contribution in [0.5, 0.6) is 11.5 Å². The highest BCUT2D eigenvalue weighted by atomic mass is 35.5. The van der Waals surface area contributed by atoms with E-state index in [0.29, 0.717) is 12.4 Å². The Hall–Kier alpha value is -3.39. The molecular formula is C25H28ClFN4O5. The predicted molar refractivity (Wildman–Crippen MR) is 130 cm³/mol. The molecule has 2 aromatic carbocycles. The third kappa shape index (κ3) is 5.87. The number of amides is 2. The van der Waals surface area contributed by atoms with Gasteiger partial charge in [0.15, 0.2) is 11.6 Å². The Kier molecular flexibility index (Phi) is 8.40. The number of halogens is 2. The van der Waals surface area contributed by atoms with E-state index in [2.05, 4.69) is 10.9 Å². The molecule has 11 heteroatoms. The number of ether oxygens (including phenoxy) is 3. The summed E-state index contributed by atoms with van der Waals surface area (Å²) >= 11 is 6.21. The van der Waals surface area contributed by atoms with Gasteiger partial charge in [-0.05, 0) is 59.0 Å². The van der Waals surface area contributed by atoms with Crippen LogP contribution in [0.3, 0.4) is 0 Å². The molecule has 0 aromatic heterocycles. The minimum absolute atomic E-state index is 0.0598. The average Bonchev–Trinajstić information content (AvgIpc) is 3.03. The molecule has 1 aliphatic heterocycles. The van der Waals surface area contributed by atoms with E-state index in [9.17, 15) is 19.2 Å². The standard InChI is InChI=1S/C25H28ClFN4O5/c1-6-34-21-8-7-15(9-16(21)12-28)23(32)29-30-24(33)17-10-19(27)22(11-18(17)26)35-13-20-14(2)36-25(3,4)31(20)5/h7-11,14,20H,6,13H2,1-5H3,(H,29,32)(H,30,33). The molecule has 2 atom stereocenters. The highest BCUT2D eigenvalue weighted by Crippen LogP contribution is 2.32. The van der Waals surface area contributed by atoms with Crippen LogP contribution in [0.1, 0.15) is 54.0 Å². The Balaban J connectivity index is 1.64. The summed E-state index contributed by atoms with van der Waals surface area (Å²) in [5.74, 6) is -2.06. The highest BCUT2D eigenvalue weighted by Gasteiger charge is 2.43. The fraction of sp³-hybridized carbons (Fsp3) is 0.400. The lowest BCUT2D eigenvalue weighted by Crippen LogP contribution is -2.43. The van der Waals surface area contributed by atoms with Crippen molar-refractivity contribution >= 4 is 23.4 Å². The summed E-state index contributed by atoms with van der Waals surface area (Å²) < 4.78 is 31.6. The van der Waals surface area contributed by atoms with E-state index < -0.39 is 23.4 Å². The van der Waals surface area contributed by atoms with Crippen molar-refractivity contribution < 1.29 is 28.2 Å². The van der Waals surface area contributed by atoms with Crippen LogP contribution < -0.4 is 20.3 Å². The zero-order valence-corrected chi connectivity index (χ0v) is 21.4. The maximum Gasteiger partial charge on any atom is 0.271 e. The number of rotatable bonds is 7. The zero-order valence-electron chi connectivity index (χ0n) is 20.6. The molecule has 0 bridgehead atoms. The summed E-state index contributed by atoms with van der Waals surface area (Å²) in [4.78, 5) is 27.0. The third-order valence-corrected chi connectivity index (χ3v) is 6.30. The predicted octanol–water partition coefficient (Wildman–Crippen LogP) is 3.66. The first-order chi connectivity index (χ1) is 17.0. The van der Waals surface area contributed by atoms with Crippen molar-refractivity contribution in [2.75, 3.05) is 20.3 Å². The third-order valence-electron chi connectivity index (χ3n) is 5.99. The lowest BCUT2D eigenvalue weighted by molar-refractivity contribution is -0.0629. The molecule has 0 saturated carbocycles. The van der Waals surface area contributed by atoms with Crippen LogP contribution in [-0.4, -0.2) is 54.8 Å². The minimum atomic E-state index is -0.829. The van der Waals surface area contributed by atoms with Crippen LogP contribution in [0.4, 0.5) is 4.39 Å². The number of hydrogen-bond donors (Lipinski definition) is 2. The number of carbonyl (C=O) groups is 2. The molecule has 1 fully saturated rings. The van der Waals surface area contributed by atoms with Crippen LogP contribution >= 0.6 is 11.6 Å². The van der Waals surface area contributed by atoms with E-state index in [1.54, 1.807) is 6.92 Å². The number of nitrogens with zero attached hydrogens (tertiary/aromatic N) is 2. The molecule has 2 amide bonds. The summed E-state index contributed by atoms with van der Waals surface area (Å²) in [5, 5.41) is 9.19. The zero-order chi connectivity index (χ0) is 26.6. The normalized spacial score (nSPS) is 18.8. The molecule has 2 aromatic rings. The first kappa shape index (κ1) is 27.2. The van der Waals surface area contributed by atoms with E-state index in [1.165, 1.54) is 24.3 Å². The van der Waals surface area contributed by atoms with Crippen LogP contribution in [-0.2, 0) is 4.74 Å². The minimum Gasteiger partial charge on any atom is -0.492 e. The molecule has 1 heterocycles. The molecule has 2 N–H and O–H groups in total. The summed E-state index contributed by atoms with van der Waals surface area (Å²) in [7, 11) is 1.90. The average molecular weight is 519 g/mol. The van der Waals surface area contributed by atoms with Crippen LogP contribution in [0.15, 0.2) is 30.3 Å². The Morgan fingerprint density at radius 2 is 1.89 bits per heavy atom. The van der Waals surface area contributed by atoms with Gasteiger partial charge in [-0.15, -0.1) is 0 Å². The second-order valence-corrected chi connectivity index (χ2v) is 9.09. The van der Waals surface area contributed by atoms with Crippen LogP contribution in [0.25, 0.3) is 0 Å². The fourth-order valence-electron chi connectivity index (χ4n) is 3.86. The largest absolute Gasteiger partial charge is 0.492 e. The van der Waals surface area contributed by atoms with Gasteiger partial charge >= 0.3 is 0 Å². The Morgan fingerprint density at radius 1 is 1.19 bits per heavy atom. The van der Waals surface area contributed by atoms with Gasteiger partial charge in [0.2, 0.25) is 0 Å². The van der Waals surface area contributed by atoms with Crippen molar-refractivity contribution in [1.82, 2.24) is 15.8 Å². The molecule has 3 rings (SSSR count). The summed E-state index contributed by atoms with van der Waals surface area (Å²) in [6.07, 6.45) is -0.128. The topological polar surface area (TPSA) is 113 Å². The second-order valence-electron chi connectivity index (χ2n) is 8.69. The molecule has 0 spiro atoms. The molecule has 0 radical (unpaired) electrons. The number of hydrogen-bond acceptors (Lipinski definition) is 7. The number of nitriles is 1. The number of nitrogens with one attached hydrogen (secondary N) is 2. The van der Waals surface area contributed by atoms with Gasteiger partial charge in [-0.3, -0.25) is 25.3 Å². The summed E-state index contributed by atoms with van der Waals surface area (Å²) in [6.45, 7) is 8.08. The lowest BCUT2D eigenvalue weighted by Gasteiger charge is -2.29. The van der Waals surface area contributed by atoms with Gasteiger partial charge in [0, 0.05) is 11.6 Å². The van der Waals surface area contributed by atoms with Crippen molar-refractivity contribution in [2.45, 2.75) is 45.6 Å². The molecule has 9 nitrogen and oxygen atoms in total. The molecule has 2 unspecified atom stereocenters. The van der Waals surface area contributed by atoms with Crippen molar-refractivity contribution in [3.05, 3.63) is 57.9 Å². The van der Waals surface area contributed by atoms with E-state index in [4.69, 9.17) is 25.8 Å². The molecule has 36 heavy (non-hydrogen) atoms. The lowest BCUT2D eigenvalue weighted by atomic mass is 10.1. The Morgan fingerprint density at radius 3 is 2.50 bits per heavy atom. The first-order valence-electron chi connectivity index (χ1n) is 11.3. The maximum atomic E-state index is 14.7. The van der Waals surface area contributed by atoms with E-state index in [-0.39, 0.29) is 46.2 Å². The first-order valence-corrected chi connectivity index (χ1v) is 11.7. The monoisotopic (exact) mass is 518 g/mol. The van der Waals surface area contributed by atoms with Crippen molar-refractivity contribution in [2.24, 2.45) is 0 Å². The van der Waals surface area contributed by atoms with Crippen molar-refractivity contribution in [3.8, 4) is 17.6 Å². The smallest absolute Gasteiger partial charge is 0.271 e. The van der Waals surface area contributed by atoms with E-state index in [1.807, 2.05) is 38.8 Å². The van der Waals surface area contributed by atoms with Gasteiger partial charge in [0.05, 0.1) is 34.9 Å². The van der Waals surface area contributed by atoms with Crippen molar-refractivity contribution in [3.63, 3.8) is 0 Å². The van der Waals surface area contributed by atoms with Gasteiger partial charge in [0.25, 0.3) is 11.8 Å². The number of carbonyl (C=O) groups excluding carboxylic acids is 2. The van der Waals surface area contributed by atoms with Gasteiger partial charge in [-0.1, -0.05) is 11.6 Å². The molecule has 192 valence electrons. The number of hydrazine groups is 1. The Labute approximate surface area is 214 Å². The second kappa shape index (κ2) is 11.1. The maximum absolute atomic E-state index is 14.7. The van der Waals surface area contributed by atoms with Gasteiger partial charge < -0.3 is 14.2 Å². The van der Waals surface area contributed by atoms with Gasteiger partial charge in [-0.2, -0.15) is 5.26 Å². The van der Waals surface area contributed by atoms with E-state index in [0.717, 1.165) is 6.07 Å². The highest BCUT2D eigenvalue weighted by molar-refractivity contribution is 6.34. The summed E-state index contributed by atoms with van der Waals surface area (Å²) in [6, 6.07) is 8.25. The molecule has 1 saturated heterocycles. The van der Waals surface area contributed by atoms with Crippen LogP contribution in [0, 0.1) is 17.1 Å². The van der Waals surface area contributed by atoms with Gasteiger partial charge in [-0.25, -0.2) is 4.39 Å². The Bertz CT molecular complexity index is 1200. The number of benzene rings is 2. The van der Waals surface area contributed by atoms with Gasteiger partial charge in [0.1, 0.15) is 24.2 Å².